The van der Waals surface area contributed by atoms with Crippen LogP contribution in [0.5, 0.6) is 5.75 Å². The quantitative estimate of drug-likeness (QED) is 0.809. The second-order valence-electron chi connectivity index (χ2n) is 5.08. The molecule has 1 unspecified atom stereocenters. The summed E-state index contributed by atoms with van der Waals surface area (Å²) in [6.45, 7) is 7.86. The van der Waals surface area contributed by atoms with Crippen LogP contribution in [-0.2, 0) is 0 Å². The Morgan fingerprint density at radius 3 is 2.39 bits per heavy atom. The first-order valence-electron chi connectivity index (χ1n) is 6.53. The fourth-order valence-corrected chi connectivity index (χ4v) is 1.90. The molecule has 0 bridgehead atoms. The Hall–Kier alpha value is -1.46. The summed E-state index contributed by atoms with van der Waals surface area (Å²) in [7, 11) is 0. The van der Waals surface area contributed by atoms with Gasteiger partial charge in [-0.05, 0) is 42.5 Å². The topological polar surface area (TPSA) is 35.2 Å². The average molecular weight is 245 g/mol. The van der Waals surface area contributed by atoms with Crippen LogP contribution in [-0.4, -0.2) is 13.2 Å². The lowest BCUT2D eigenvalue weighted by Crippen LogP contribution is -2.10. The van der Waals surface area contributed by atoms with Crippen molar-refractivity contribution in [2.75, 3.05) is 13.2 Å². The molecule has 1 rings (SSSR count). The molecule has 0 aromatic heterocycles. The largest absolute Gasteiger partial charge is 0.493 e. The van der Waals surface area contributed by atoms with Crippen molar-refractivity contribution in [3.8, 4) is 17.6 Å². The van der Waals surface area contributed by atoms with E-state index < -0.39 is 0 Å². The van der Waals surface area contributed by atoms with Gasteiger partial charge in [0.1, 0.15) is 5.75 Å². The molecule has 18 heavy (non-hydrogen) atoms. The van der Waals surface area contributed by atoms with Crippen molar-refractivity contribution in [2.45, 2.75) is 27.2 Å². The maximum atomic E-state index is 5.76. The van der Waals surface area contributed by atoms with Crippen molar-refractivity contribution in [3.05, 3.63) is 29.8 Å². The molecule has 1 aromatic rings. The lowest BCUT2D eigenvalue weighted by molar-refractivity contribution is 0.239. The normalized spacial score (nSPS) is 11.8. The lowest BCUT2D eigenvalue weighted by atomic mass is 10.00. The molecule has 2 N–H and O–H groups in total. The van der Waals surface area contributed by atoms with E-state index in [-0.39, 0.29) is 0 Å². The molecular weight excluding hydrogens is 222 g/mol. The van der Waals surface area contributed by atoms with Crippen LogP contribution in [0.15, 0.2) is 24.3 Å². The van der Waals surface area contributed by atoms with Crippen molar-refractivity contribution < 1.29 is 4.74 Å². The number of nitrogens with two attached hydrogens (primary N) is 1. The van der Waals surface area contributed by atoms with Gasteiger partial charge in [0.2, 0.25) is 0 Å². The van der Waals surface area contributed by atoms with Gasteiger partial charge in [-0.1, -0.05) is 32.6 Å². The van der Waals surface area contributed by atoms with E-state index in [1.807, 2.05) is 24.3 Å². The molecule has 0 saturated carbocycles. The Balaban J connectivity index is 2.44. The van der Waals surface area contributed by atoms with Gasteiger partial charge in [-0.15, -0.1) is 0 Å². The zero-order valence-electron chi connectivity index (χ0n) is 11.6. The van der Waals surface area contributed by atoms with E-state index in [4.69, 9.17) is 10.5 Å². The summed E-state index contributed by atoms with van der Waals surface area (Å²) in [5.41, 5.74) is 6.30. The Morgan fingerprint density at radius 1 is 1.17 bits per heavy atom. The molecule has 1 aromatic carbocycles. The number of rotatable bonds is 5. The van der Waals surface area contributed by atoms with Gasteiger partial charge < -0.3 is 10.5 Å². The van der Waals surface area contributed by atoms with E-state index in [2.05, 4.69) is 32.6 Å². The third-order valence-corrected chi connectivity index (χ3v) is 2.60. The van der Waals surface area contributed by atoms with Crippen molar-refractivity contribution in [3.63, 3.8) is 0 Å². The van der Waals surface area contributed by atoms with Gasteiger partial charge >= 0.3 is 0 Å². The number of benzene rings is 1. The third-order valence-electron chi connectivity index (χ3n) is 2.60. The van der Waals surface area contributed by atoms with Crippen LogP contribution in [0.25, 0.3) is 0 Å². The molecule has 0 saturated heterocycles. The smallest absolute Gasteiger partial charge is 0.119 e. The van der Waals surface area contributed by atoms with Gasteiger partial charge in [-0.3, -0.25) is 0 Å². The second-order valence-corrected chi connectivity index (χ2v) is 5.08. The minimum absolute atomic E-state index is 0.394. The molecule has 1 atom stereocenters. The fourth-order valence-electron chi connectivity index (χ4n) is 1.90. The molecule has 2 nitrogen and oxygen atoms in total. The molecule has 0 aliphatic carbocycles. The molecule has 0 amide bonds. The minimum Gasteiger partial charge on any atom is -0.493 e. The minimum atomic E-state index is 0.394. The van der Waals surface area contributed by atoms with E-state index in [1.165, 1.54) is 6.42 Å². The zero-order chi connectivity index (χ0) is 13.4. The van der Waals surface area contributed by atoms with E-state index in [0.717, 1.165) is 23.8 Å². The molecule has 0 aliphatic heterocycles. The highest BCUT2D eigenvalue weighted by molar-refractivity contribution is 5.38. The molecule has 2 heteroatoms. The van der Waals surface area contributed by atoms with Crippen LogP contribution in [0.1, 0.15) is 32.8 Å². The summed E-state index contributed by atoms with van der Waals surface area (Å²) in [5, 5.41) is 0. The fraction of sp³-hybridized carbons (Fsp3) is 0.500. The highest BCUT2D eigenvalue weighted by Crippen LogP contribution is 2.15. The van der Waals surface area contributed by atoms with Crippen molar-refractivity contribution >= 4 is 0 Å². The van der Waals surface area contributed by atoms with Gasteiger partial charge in [0.25, 0.3) is 0 Å². The Bertz CT molecular complexity index is 397. The molecule has 0 fully saturated rings. The first-order chi connectivity index (χ1) is 8.61. The maximum Gasteiger partial charge on any atom is 0.119 e. The van der Waals surface area contributed by atoms with Crippen LogP contribution in [0, 0.1) is 23.7 Å². The van der Waals surface area contributed by atoms with E-state index in [1.54, 1.807) is 0 Å². The molecular formula is C16H23NO. The number of hydrogen-bond acceptors (Lipinski definition) is 2. The summed E-state index contributed by atoms with van der Waals surface area (Å²) < 4.78 is 5.76. The first-order valence-corrected chi connectivity index (χ1v) is 6.53. The van der Waals surface area contributed by atoms with Crippen LogP contribution >= 0.6 is 0 Å². The van der Waals surface area contributed by atoms with E-state index >= 15 is 0 Å². The van der Waals surface area contributed by atoms with Crippen LogP contribution in [0.4, 0.5) is 0 Å². The van der Waals surface area contributed by atoms with Crippen LogP contribution in [0.3, 0.4) is 0 Å². The zero-order valence-corrected chi connectivity index (χ0v) is 11.6. The number of hydrogen-bond donors (Lipinski definition) is 1. The Kier molecular flexibility index (Phi) is 6.32. The SMILES string of the molecule is CC(C)CC(C)COc1ccc(C#CCN)cc1. The third kappa shape index (κ3) is 5.75. The summed E-state index contributed by atoms with van der Waals surface area (Å²) in [6.07, 6.45) is 1.19. The Morgan fingerprint density at radius 2 is 1.83 bits per heavy atom. The van der Waals surface area contributed by atoms with E-state index in [9.17, 15) is 0 Å². The summed E-state index contributed by atoms with van der Waals surface area (Å²) in [6, 6.07) is 7.85. The summed E-state index contributed by atoms with van der Waals surface area (Å²) >= 11 is 0. The molecule has 98 valence electrons. The van der Waals surface area contributed by atoms with Crippen molar-refractivity contribution in [1.82, 2.24) is 0 Å². The standard InChI is InChI=1S/C16H23NO/c1-13(2)11-14(3)12-18-16-8-6-15(7-9-16)5-4-10-17/h6-9,13-14H,10-12,17H2,1-3H3. The van der Waals surface area contributed by atoms with Crippen molar-refractivity contribution in [1.29, 1.82) is 0 Å². The lowest BCUT2D eigenvalue weighted by Gasteiger charge is -2.14. The monoisotopic (exact) mass is 245 g/mol. The first kappa shape index (κ1) is 14.6. The van der Waals surface area contributed by atoms with E-state index in [0.29, 0.717) is 12.5 Å². The predicted molar refractivity (Wildman–Crippen MR) is 76.5 cm³/mol. The molecule has 0 aliphatic rings. The van der Waals surface area contributed by atoms with Crippen LogP contribution in [0.2, 0.25) is 0 Å². The van der Waals surface area contributed by atoms with Gasteiger partial charge in [-0.25, -0.2) is 0 Å². The van der Waals surface area contributed by atoms with Gasteiger partial charge in [0.05, 0.1) is 13.2 Å². The summed E-state index contributed by atoms with van der Waals surface area (Å²) in [5.74, 6) is 8.04. The molecule has 0 radical (unpaired) electrons. The van der Waals surface area contributed by atoms with Crippen LogP contribution < -0.4 is 10.5 Å². The predicted octanol–water partition coefficient (Wildman–Crippen LogP) is 3.06. The van der Waals surface area contributed by atoms with Gasteiger partial charge in [-0.2, -0.15) is 0 Å². The van der Waals surface area contributed by atoms with Crippen molar-refractivity contribution in [2.24, 2.45) is 17.6 Å². The molecule has 0 spiro atoms. The van der Waals surface area contributed by atoms with Gasteiger partial charge in [0, 0.05) is 5.56 Å². The second kappa shape index (κ2) is 7.79. The average Bonchev–Trinajstić information content (AvgIpc) is 2.34. The molecule has 0 heterocycles. The highest BCUT2D eigenvalue weighted by atomic mass is 16.5. The Labute approximate surface area is 111 Å². The highest BCUT2D eigenvalue weighted by Gasteiger charge is 2.05. The maximum absolute atomic E-state index is 5.76. The van der Waals surface area contributed by atoms with Gasteiger partial charge in [0.15, 0.2) is 0 Å². The summed E-state index contributed by atoms with van der Waals surface area (Å²) in [4.78, 5) is 0. The number of ether oxygens (including phenoxy) is 1.